The first-order valence-electron chi connectivity index (χ1n) is 27.9. The van der Waals surface area contributed by atoms with E-state index in [1.54, 1.807) is 0 Å². The van der Waals surface area contributed by atoms with Gasteiger partial charge in [-0.05, 0) is 162 Å². The monoisotopic (exact) mass is 1030 g/mol. The highest BCUT2D eigenvalue weighted by Gasteiger charge is 2.06. The van der Waals surface area contributed by atoms with Gasteiger partial charge in [0, 0.05) is 0 Å². The Kier molecular flexibility index (Phi) is 18.6. The van der Waals surface area contributed by atoms with Gasteiger partial charge in [0.25, 0.3) is 0 Å². The molecular formula is C80H72. The summed E-state index contributed by atoms with van der Waals surface area (Å²) >= 11 is 0. The van der Waals surface area contributed by atoms with E-state index in [0.29, 0.717) is 0 Å². The van der Waals surface area contributed by atoms with Crippen molar-refractivity contribution in [1.29, 1.82) is 0 Å². The van der Waals surface area contributed by atoms with Crippen molar-refractivity contribution in [3.63, 3.8) is 0 Å². The molecule has 392 valence electrons. The van der Waals surface area contributed by atoms with Gasteiger partial charge in [0.05, 0.1) is 0 Å². The van der Waals surface area contributed by atoms with E-state index < -0.39 is 0 Å². The van der Waals surface area contributed by atoms with Gasteiger partial charge in [-0.15, -0.1) is 0 Å². The first-order valence-corrected chi connectivity index (χ1v) is 27.9. The molecule has 0 aliphatic rings. The minimum atomic E-state index is 1.27. The number of hydrogen-bond donors (Lipinski definition) is 0. The Balaban J connectivity index is 0.000000129. The van der Waals surface area contributed by atoms with E-state index in [9.17, 15) is 0 Å². The van der Waals surface area contributed by atoms with Crippen LogP contribution in [0.4, 0.5) is 0 Å². The van der Waals surface area contributed by atoms with Gasteiger partial charge in [-0.25, -0.2) is 0 Å². The molecule has 0 aliphatic heterocycles. The smallest absolute Gasteiger partial charge is 0.0155 e. The highest BCUT2D eigenvalue weighted by Crippen LogP contribution is 2.31. The second-order valence-electron chi connectivity index (χ2n) is 21.2. The molecule has 0 aromatic heterocycles. The molecule has 0 saturated carbocycles. The lowest BCUT2D eigenvalue weighted by Gasteiger charge is -2.08. The molecule has 0 bridgehead atoms. The second-order valence-corrected chi connectivity index (χ2v) is 21.2. The lowest BCUT2D eigenvalue weighted by molar-refractivity contribution is 1.45. The third-order valence-electron chi connectivity index (χ3n) is 14.5. The van der Waals surface area contributed by atoms with Crippen LogP contribution in [0.2, 0.25) is 0 Å². The minimum absolute atomic E-state index is 1.27. The fourth-order valence-corrected chi connectivity index (χ4v) is 9.89. The molecule has 0 saturated heterocycles. The maximum absolute atomic E-state index is 2.26. The largest absolute Gasteiger partial charge is 0.0620 e. The predicted molar refractivity (Wildman–Crippen MR) is 347 cm³/mol. The highest BCUT2D eigenvalue weighted by atomic mass is 14.1. The summed E-state index contributed by atoms with van der Waals surface area (Å²) in [7, 11) is 0. The summed E-state index contributed by atoms with van der Waals surface area (Å²) in [6.07, 6.45) is 0. The zero-order valence-corrected chi connectivity index (χ0v) is 47.7. The molecule has 0 aliphatic carbocycles. The van der Waals surface area contributed by atoms with Crippen molar-refractivity contribution in [3.05, 3.63) is 336 Å². The molecule has 0 amide bonds. The minimum Gasteiger partial charge on any atom is -0.0620 e. The van der Waals surface area contributed by atoms with E-state index in [0.717, 1.165) is 0 Å². The van der Waals surface area contributed by atoms with Gasteiger partial charge in [0.15, 0.2) is 0 Å². The molecule has 0 radical (unpaired) electrons. The van der Waals surface area contributed by atoms with Crippen LogP contribution < -0.4 is 0 Å². The van der Waals surface area contributed by atoms with E-state index in [1.165, 1.54) is 134 Å². The SMILES string of the molecule is Cc1ccc(-c2cccc(-c3ccc(C)cc3)c2)cc1.Cc1ccc(-c2cccc(-c3cccc(C)c3)c2)cc1.Cc1cccc(-c2ccc(-c3cccc(C)c3)cc2)c1.Cc1cccc(-c2ccc(-c3ccccc3C)cc2)c1. The van der Waals surface area contributed by atoms with E-state index in [-0.39, 0.29) is 0 Å². The highest BCUT2D eigenvalue weighted by molar-refractivity contribution is 5.76. The lowest BCUT2D eigenvalue weighted by Crippen LogP contribution is -1.84. The summed E-state index contributed by atoms with van der Waals surface area (Å²) in [5.41, 5.74) is 30.8. The van der Waals surface area contributed by atoms with Crippen molar-refractivity contribution in [2.75, 3.05) is 0 Å². The molecule has 0 N–H and O–H groups in total. The van der Waals surface area contributed by atoms with Gasteiger partial charge in [0.1, 0.15) is 0 Å². The fourth-order valence-electron chi connectivity index (χ4n) is 9.89. The number of benzene rings is 12. The molecule has 12 rings (SSSR count). The number of aryl methyl sites for hydroxylation is 8. The van der Waals surface area contributed by atoms with Gasteiger partial charge in [-0.3, -0.25) is 0 Å². The topological polar surface area (TPSA) is 0 Å². The molecule has 0 heterocycles. The van der Waals surface area contributed by atoms with Crippen LogP contribution in [0, 0.1) is 55.4 Å². The third-order valence-corrected chi connectivity index (χ3v) is 14.5. The summed E-state index contributed by atoms with van der Waals surface area (Å²) in [5.74, 6) is 0. The van der Waals surface area contributed by atoms with Crippen LogP contribution in [-0.4, -0.2) is 0 Å². The third kappa shape index (κ3) is 15.2. The van der Waals surface area contributed by atoms with Crippen LogP contribution in [0.5, 0.6) is 0 Å². The molecule has 80 heavy (non-hydrogen) atoms. The van der Waals surface area contributed by atoms with Crippen molar-refractivity contribution in [3.8, 4) is 89.0 Å². The average Bonchev–Trinajstić information content (AvgIpc) is 3.55. The van der Waals surface area contributed by atoms with Gasteiger partial charge in [-0.2, -0.15) is 0 Å². The van der Waals surface area contributed by atoms with Gasteiger partial charge in [-0.1, -0.05) is 318 Å². The fraction of sp³-hybridized carbons (Fsp3) is 0.100. The van der Waals surface area contributed by atoms with E-state index in [1.807, 2.05) is 0 Å². The summed E-state index contributed by atoms with van der Waals surface area (Å²) in [6, 6.07) is 104. The van der Waals surface area contributed by atoms with Crippen LogP contribution >= 0.6 is 0 Å². The molecule has 12 aromatic rings. The molecule has 0 unspecified atom stereocenters. The summed E-state index contributed by atoms with van der Waals surface area (Å²) < 4.78 is 0. The Bertz CT molecular complexity index is 3790. The number of rotatable bonds is 8. The summed E-state index contributed by atoms with van der Waals surface area (Å²) in [4.78, 5) is 0. The van der Waals surface area contributed by atoms with Crippen LogP contribution in [0.25, 0.3) is 89.0 Å². The molecule has 0 nitrogen and oxygen atoms in total. The van der Waals surface area contributed by atoms with E-state index in [4.69, 9.17) is 0 Å². The first-order chi connectivity index (χ1) is 38.9. The molecule has 0 atom stereocenters. The van der Waals surface area contributed by atoms with Crippen LogP contribution in [-0.2, 0) is 0 Å². The van der Waals surface area contributed by atoms with E-state index >= 15 is 0 Å². The Morgan fingerprint density at radius 3 is 0.625 bits per heavy atom. The van der Waals surface area contributed by atoms with Gasteiger partial charge in [0.2, 0.25) is 0 Å². The summed E-state index contributed by atoms with van der Waals surface area (Å²) in [5, 5.41) is 0. The second kappa shape index (κ2) is 26.8. The Morgan fingerprint density at radius 2 is 0.350 bits per heavy atom. The van der Waals surface area contributed by atoms with Crippen molar-refractivity contribution >= 4 is 0 Å². The van der Waals surface area contributed by atoms with Crippen LogP contribution in [0.15, 0.2) is 291 Å². The maximum atomic E-state index is 2.26. The van der Waals surface area contributed by atoms with E-state index in [2.05, 4.69) is 347 Å². The standard InChI is InChI=1S/4C20H18/c1-15-5-3-7-19(13-15)17-9-11-18(12-10-17)20-8-4-6-16(2)14-20;1-15-9-11-17(12-10-15)19-7-4-8-20(14-19)18-6-3-5-16(2)13-18;1-15-6-5-8-19(14-15)17-10-12-18(13-11-17)20-9-4-3-7-16(20)2;1-15-6-10-17(11-7-15)19-4-3-5-20(14-19)18-12-8-16(2)9-13-18/h4*3-14H,1-2H3. The maximum Gasteiger partial charge on any atom is -0.0155 e. The average molecular weight is 1030 g/mol. The van der Waals surface area contributed by atoms with Crippen molar-refractivity contribution in [2.45, 2.75) is 55.4 Å². The molecular weight excluding hydrogens is 961 g/mol. The molecule has 0 heteroatoms. The quantitative estimate of drug-likeness (QED) is 0.142. The van der Waals surface area contributed by atoms with Crippen molar-refractivity contribution < 1.29 is 0 Å². The van der Waals surface area contributed by atoms with Crippen LogP contribution in [0.3, 0.4) is 0 Å². The van der Waals surface area contributed by atoms with Crippen molar-refractivity contribution in [1.82, 2.24) is 0 Å². The van der Waals surface area contributed by atoms with Gasteiger partial charge < -0.3 is 0 Å². The normalized spacial score (nSPS) is 10.5. The Morgan fingerprint density at radius 1 is 0.138 bits per heavy atom. The summed E-state index contributed by atoms with van der Waals surface area (Å²) in [6.45, 7) is 17.0. The molecule has 0 fully saturated rings. The van der Waals surface area contributed by atoms with Gasteiger partial charge >= 0.3 is 0 Å². The predicted octanol–water partition coefficient (Wildman–Crippen LogP) is 22.5. The zero-order chi connectivity index (χ0) is 55.8. The Labute approximate surface area is 477 Å². The molecule has 12 aromatic carbocycles. The Hall–Kier alpha value is -9.36. The zero-order valence-electron chi connectivity index (χ0n) is 47.7. The number of hydrogen-bond acceptors (Lipinski definition) is 0. The molecule has 0 spiro atoms. The first kappa shape index (κ1) is 55.4. The lowest BCUT2D eigenvalue weighted by atomic mass is 9.97. The van der Waals surface area contributed by atoms with Crippen molar-refractivity contribution in [2.24, 2.45) is 0 Å². The van der Waals surface area contributed by atoms with Crippen LogP contribution in [0.1, 0.15) is 44.5 Å².